The van der Waals surface area contributed by atoms with Crippen LogP contribution in [0.1, 0.15) is 39.0 Å². The van der Waals surface area contributed by atoms with Crippen molar-refractivity contribution in [2.24, 2.45) is 7.05 Å². The third-order valence-electron chi connectivity index (χ3n) is 4.40. The molecule has 11 heteroatoms. The lowest BCUT2D eigenvalue weighted by Crippen LogP contribution is -2.46. The Bertz CT molecular complexity index is 982. The molecule has 2 aromatic heterocycles. The first-order valence-corrected chi connectivity index (χ1v) is 8.35. The highest BCUT2D eigenvalue weighted by atomic mass is 19.4. The van der Waals surface area contributed by atoms with Crippen LogP contribution in [0.4, 0.5) is 23.2 Å². The number of alkyl halides is 3. The number of hydrogen-bond donors (Lipinski definition) is 2. The van der Waals surface area contributed by atoms with Gasteiger partial charge in [-0.2, -0.15) is 17.6 Å². The van der Waals surface area contributed by atoms with Gasteiger partial charge in [-0.1, -0.05) is 0 Å². The summed E-state index contributed by atoms with van der Waals surface area (Å²) in [4.78, 5) is 40.4. The predicted octanol–water partition coefficient (Wildman–Crippen LogP) is 2.68. The van der Waals surface area contributed by atoms with E-state index in [9.17, 15) is 31.9 Å². The standard InChI is InChI=1S/C18H18F4N4O3/c1-8-13(16(28)25-11-5-6-23-12(19)7-11)9(2)26(4)14(8)15(27)17(29)24-10(3)18(20,21)22/h5-7,10H,1-4H3,(H,24,29)(H,23,25,28). The molecule has 2 N–H and O–H groups in total. The normalized spacial score (nSPS) is 12.4. The zero-order chi connectivity index (χ0) is 22.1. The number of Topliss-reactive ketones (excluding diaryl/α,β-unsaturated/α-hetero) is 1. The van der Waals surface area contributed by atoms with Gasteiger partial charge in [0, 0.05) is 30.7 Å². The number of hydrogen-bond acceptors (Lipinski definition) is 4. The molecule has 2 heterocycles. The second kappa shape index (κ2) is 8.02. The van der Waals surface area contributed by atoms with Gasteiger partial charge in [0.2, 0.25) is 5.95 Å². The minimum Gasteiger partial charge on any atom is -0.344 e. The summed E-state index contributed by atoms with van der Waals surface area (Å²) in [5, 5.41) is 4.05. The van der Waals surface area contributed by atoms with E-state index in [0.717, 1.165) is 12.3 Å². The molecule has 7 nitrogen and oxygen atoms in total. The summed E-state index contributed by atoms with van der Waals surface area (Å²) in [6.45, 7) is 3.60. The fourth-order valence-corrected chi connectivity index (χ4v) is 2.76. The molecule has 2 aromatic rings. The van der Waals surface area contributed by atoms with Gasteiger partial charge in [-0.05, 0) is 32.4 Å². The van der Waals surface area contributed by atoms with Gasteiger partial charge < -0.3 is 15.2 Å². The average Bonchev–Trinajstić information content (AvgIpc) is 2.82. The Labute approximate surface area is 163 Å². The molecular weight excluding hydrogens is 396 g/mol. The van der Waals surface area contributed by atoms with E-state index >= 15 is 0 Å². The summed E-state index contributed by atoms with van der Waals surface area (Å²) in [5.41, 5.74) is 0.353. The van der Waals surface area contributed by atoms with E-state index in [4.69, 9.17) is 0 Å². The number of anilines is 1. The van der Waals surface area contributed by atoms with Crippen molar-refractivity contribution >= 4 is 23.3 Å². The van der Waals surface area contributed by atoms with Crippen molar-refractivity contribution in [3.63, 3.8) is 0 Å². The van der Waals surface area contributed by atoms with Crippen LogP contribution < -0.4 is 10.6 Å². The number of ketones is 1. The van der Waals surface area contributed by atoms with Crippen molar-refractivity contribution in [1.29, 1.82) is 0 Å². The van der Waals surface area contributed by atoms with E-state index in [1.807, 2.05) is 0 Å². The minimum atomic E-state index is -4.71. The first-order valence-electron chi connectivity index (χ1n) is 8.35. The summed E-state index contributed by atoms with van der Waals surface area (Å²) in [6.07, 6.45) is -3.56. The molecule has 1 atom stereocenters. The fourth-order valence-electron chi connectivity index (χ4n) is 2.76. The number of aromatic nitrogens is 2. The first-order chi connectivity index (χ1) is 13.3. The number of amides is 2. The van der Waals surface area contributed by atoms with Crippen molar-refractivity contribution in [3.05, 3.63) is 46.8 Å². The third kappa shape index (κ3) is 4.61. The van der Waals surface area contributed by atoms with Gasteiger partial charge in [-0.25, -0.2) is 4.98 Å². The second-order valence-corrected chi connectivity index (χ2v) is 6.38. The van der Waals surface area contributed by atoms with Crippen LogP contribution in [0.2, 0.25) is 0 Å². The maximum Gasteiger partial charge on any atom is 0.408 e. The van der Waals surface area contributed by atoms with E-state index in [0.29, 0.717) is 12.6 Å². The lowest BCUT2D eigenvalue weighted by atomic mass is 10.1. The highest BCUT2D eigenvalue weighted by Crippen LogP contribution is 2.24. The Morgan fingerprint density at radius 3 is 2.38 bits per heavy atom. The molecule has 0 aliphatic heterocycles. The Kier molecular flexibility index (Phi) is 6.10. The number of rotatable bonds is 5. The summed E-state index contributed by atoms with van der Waals surface area (Å²) in [7, 11) is 1.40. The van der Waals surface area contributed by atoms with Crippen LogP contribution in [-0.2, 0) is 11.8 Å². The summed E-state index contributed by atoms with van der Waals surface area (Å²) in [5.74, 6) is -4.14. The quantitative estimate of drug-likeness (QED) is 0.341. The van der Waals surface area contributed by atoms with Crippen molar-refractivity contribution in [1.82, 2.24) is 14.9 Å². The molecule has 2 rings (SSSR count). The Hall–Kier alpha value is -3.24. The molecule has 0 aliphatic rings. The first kappa shape index (κ1) is 22.1. The summed E-state index contributed by atoms with van der Waals surface area (Å²) in [6, 6.07) is 0.126. The van der Waals surface area contributed by atoms with Crippen LogP contribution in [0, 0.1) is 19.8 Å². The fraction of sp³-hybridized carbons (Fsp3) is 0.333. The van der Waals surface area contributed by atoms with Crippen molar-refractivity contribution in [3.8, 4) is 0 Å². The largest absolute Gasteiger partial charge is 0.408 e. The van der Waals surface area contributed by atoms with Crippen molar-refractivity contribution in [2.45, 2.75) is 33.0 Å². The molecule has 1 unspecified atom stereocenters. The number of pyridine rings is 1. The van der Waals surface area contributed by atoms with Crippen LogP contribution in [0.25, 0.3) is 0 Å². The zero-order valence-electron chi connectivity index (χ0n) is 15.9. The van der Waals surface area contributed by atoms with Gasteiger partial charge in [0.15, 0.2) is 0 Å². The van der Waals surface area contributed by atoms with Crippen LogP contribution in [-0.4, -0.2) is 39.4 Å². The molecule has 29 heavy (non-hydrogen) atoms. The van der Waals surface area contributed by atoms with Gasteiger partial charge in [-0.15, -0.1) is 0 Å². The monoisotopic (exact) mass is 414 g/mol. The lowest BCUT2D eigenvalue weighted by molar-refractivity contribution is -0.156. The lowest BCUT2D eigenvalue weighted by Gasteiger charge is -2.16. The molecule has 0 bridgehead atoms. The molecule has 0 saturated carbocycles. The topological polar surface area (TPSA) is 93.1 Å². The Morgan fingerprint density at radius 1 is 1.21 bits per heavy atom. The molecule has 2 amide bonds. The summed E-state index contributed by atoms with van der Waals surface area (Å²) < 4.78 is 52.3. The molecule has 0 fully saturated rings. The van der Waals surface area contributed by atoms with Crippen molar-refractivity contribution < 1.29 is 31.9 Å². The predicted molar refractivity (Wildman–Crippen MR) is 95.0 cm³/mol. The van der Waals surface area contributed by atoms with Gasteiger partial charge in [0.05, 0.1) is 11.3 Å². The van der Waals surface area contributed by atoms with Crippen LogP contribution in [0.15, 0.2) is 18.3 Å². The van der Waals surface area contributed by atoms with Crippen LogP contribution >= 0.6 is 0 Å². The maximum atomic E-state index is 13.2. The number of carbonyl (C=O) groups excluding carboxylic acids is 3. The van der Waals surface area contributed by atoms with Crippen molar-refractivity contribution in [2.75, 3.05) is 5.32 Å². The number of nitrogens with one attached hydrogen (secondary N) is 2. The SMILES string of the molecule is Cc1c(C(=O)Nc2ccnc(F)c2)c(C)n(C)c1C(=O)C(=O)NC(C)C(F)(F)F. The molecule has 0 saturated heterocycles. The molecule has 0 aromatic carbocycles. The highest BCUT2D eigenvalue weighted by Gasteiger charge is 2.39. The Balaban J connectivity index is 2.33. The number of carbonyl (C=O) groups is 3. The third-order valence-corrected chi connectivity index (χ3v) is 4.40. The van der Waals surface area contributed by atoms with Gasteiger partial charge in [0.1, 0.15) is 6.04 Å². The second-order valence-electron chi connectivity index (χ2n) is 6.38. The molecule has 0 radical (unpaired) electrons. The van der Waals surface area contributed by atoms with Gasteiger partial charge in [0.25, 0.3) is 17.6 Å². The van der Waals surface area contributed by atoms with E-state index < -0.39 is 35.8 Å². The Morgan fingerprint density at radius 2 is 1.83 bits per heavy atom. The summed E-state index contributed by atoms with van der Waals surface area (Å²) >= 11 is 0. The van der Waals surface area contributed by atoms with E-state index in [2.05, 4.69) is 10.3 Å². The molecular formula is C18H18F4N4O3. The minimum absolute atomic E-state index is 0.0461. The smallest absolute Gasteiger partial charge is 0.344 e. The van der Waals surface area contributed by atoms with E-state index in [1.165, 1.54) is 31.5 Å². The molecule has 156 valence electrons. The van der Waals surface area contributed by atoms with E-state index in [1.54, 1.807) is 5.32 Å². The number of halogens is 4. The van der Waals surface area contributed by atoms with Crippen LogP contribution in [0.3, 0.4) is 0 Å². The van der Waals surface area contributed by atoms with Gasteiger partial charge in [-0.3, -0.25) is 14.4 Å². The maximum absolute atomic E-state index is 13.2. The zero-order valence-corrected chi connectivity index (χ0v) is 15.9. The van der Waals surface area contributed by atoms with Crippen LogP contribution in [0.5, 0.6) is 0 Å². The number of nitrogens with zero attached hydrogens (tertiary/aromatic N) is 2. The average molecular weight is 414 g/mol. The van der Waals surface area contributed by atoms with Gasteiger partial charge >= 0.3 is 6.18 Å². The molecule has 0 spiro atoms. The molecule has 0 aliphatic carbocycles. The van der Waals surface area contributed by atoms with E-state index in [-0.39, 0.29) is 22.5 Å². The highest BCUT2D eigenvalue weighted by molar-refractivity contribution is 6.43.